The number of aromatic amines is 1. The fraction of sp³-hybridized carbons (Fsp3) is 0.440. The van der Waals surface area contributed by atoms with Gasteiger partial charge in [0.15, 0.2) is 5.96 Å². The quantitative estimate of drug-likeness (QED) is 0.0436. The Labute approximate surface area is 241 Å². The second-order valence-electron chi connectivity index (χ2n) is 9.26. The van der Waals surface area contributed by atoms with E-state index >= 15 is 0 Å². The summed E-state index contributed by atoms with van der Waals surface area (Å²) in [6.07, 6.45) is 1.45. The van der Waals surface area contributed by atoms with Crippen molar-refractivity contribution in [3.05, 3.63) is 36.0 Å². The smallest absolute Gasteiger partial charge is 0.326 e. The summed E-state index contributed by atoms with van der Waals surface area (Å²) in [6.45, 7) is 0.239. The minimum Gasteiger partial charge on any atom is -0.481 e. The summed E-state index contributed by atoms with van der Waals surface area (Å²) >= 11 is 4.10. The Hall–Kier alpha value is -4.31. The Bertz CT molecular complexity index is 1260. The number of hydrogen-bond acceptors (Lipinski definition) is 8. The predicted molar refractivity (Wildman–Crippen MR) is 154 cm³/mol. The lowest BCUT2D eigenvalue weighted by molar-refractivity contribution is -0.142. The third-order valence-corrected chi connectivity index (χ3v) is 6.48. The molecule has 0 radical (unpaired) electrons. The number of H-pyrrole nitrogens is 1. The van der Waals surface area contributed by atoms with E-state index in [1.165, 1.54) is 0 Å². The van der Waals surface area contributed by atoms with Crippen molar-refractivity contribution < 1.29 is 34.2 Å². The van der Waals surface area contributed by atoms with Gasteiger partial charge in [0.25, 0.3) is 0 Å². The van der Waals surface area contributed by atoms with Gasteiger partial charge in [-0.15, -0.1) is 0 Å². The maximum Gasteiger partial charge on any atom is 0.326 e. The number of aromatic nitrogens is 1. The molecule has 2 rings (SSSR count). The number of carbonyl (C=O) groups excluding carboxylic acids is 3. The van der Waals surface area contributed by atoms with Crippen molar-refractivity contribution in [1.29, 1.82) is 0 Å². The number of carboxylic acids is 2. The number of rotatable bonds is 17. The van der Waals surface area contributed by atoms with Crippen molar-refractivity contribution in [1.82, 2.24) is 20.9 Å². The number of nitrogens with two attached hydrogens (primary N) is 3. The highest BCUT2D eigenvalue weighted by Crippen LogP contribution is 2.19. The van der Waals surface area contributed by atoms with Crippen molar-refractivity contribution in [2.75, 3.05) is 12.3 Å². The van der Waals surface area contributed by atoms with Gasteiger partial charge in [0, 0.05) is 42.2 Å². The summed E-state index contributed by atoms with van der Waals surface area (Å²) < 4.78 is 0. The van der Waals surface area contributed by atoms with E-state index in [0.717, 1.165) is 10.9 Å². The molecule has 0 aliphatic rings. The molecule has 1 aromatic heterocycles. The molecule has 16 heteroatoms. The molecule has 4 unspecified atom stereocenters. The number of amides is 3. The molecule has 224 valence electrons. The zero-order valence-electron chi connectivity index (χ0n) is 22.2. The highest BCUT2D eigenvalue weighted by molar-refractivity contribution is 7.80. The first-order chi connectivity index (χ1) is 19.4. The van der Waals surface area contributed by atoms with Crippen molar-refractivity contribution in [3.63, 3.8) is 0 Å². The van der Waals surface area contributed by atoms with Crippen LogP contribution >= 0.6 is 12.6 Å². The fourth-order valence-electron chi connectivity index (χ4n) is 3.93. The monoisotopic (exact) mass is 592 g/mol. The molecule has 0 aliphatic heterocycles. The first-order valence-corrected chi connectivity index (χ1v) is 13.4. The van der Waals surface area contributed by atoms with E-state index in [4.69, 9.17) is 22.3 Å². The van der Waals surface area contributed by atoms with Gasteiger partial charge in [-0.25, -0.2) is 4.79 Å². The number of nitrogens with zero attached hydrogens (tertiary/aromatic N) is 1. The molecule has 0 aliphatic carbocycles. The van der Waals surface area contributed by atoms with Crippen molar-refractivity contribution in [2.24, 2.45) is 22.2 Å². The van der Waals surface area contributed by atoms with Crippen LogP contribution in [-0.4, -0.2) is 87.3 Å². The number of thiol groups is 1. The number of para-hydroxylation sites is 1. The van der Waals surface area contributed by atoms with Crippen LogP contribution in [0.15, 0.2) is 35.5 Å². The zero-order valence-corrected chi connectivity index (χ0v) is 23.1. The van der Waals surface area contributed by atoms with Gasteiger partial charge >= 0.3 is 11.9 Å². The second kappa shape index (κ2) is 16.1. The second-order valence-corrected chi connectivity index (χ2v) is 9.62. The standard InChI is InChI=1S/C25H36N8O7S/c26-15(5-3-9-29-25(27)28)21(36)31-17(7-8-20(34)35)22(37)33-19(12-41)23(38)32-18(24(39)40)10-13-11-30-16-6-2-1-4-14(13)16/h1-2,4,6,11,15,17-19,30,41H,3,5,7-10,12,26H2,(H,31,36)(H,32,38)(H,33,37)(H,34,35)(H,39,40)(H4,27,28,29). The molecule has 1 aromatic carbocycles. The van der Waals surface area contributed by atoms with Crippen molar-refractivity contribution >= 4 is 59.2 Å². The van der Waals surface area contributed by atoms with Crippen molar-refractivity contribution in [3.8, 4) is 0 Å². The predicted octanol–water partition coefficient (Wildman–Crippen LogP) is -1.58. The molecule has 0 saturated heterocycles. The number of hydrogen-bond donors (Lipinski definition) is 10. The van der Waals surface area contributed by atoms with Crippen LogP contribution in [0.2, 0.25) is 0 Å². The summed E-state index contributed by atoms with van der Waals surface area (Å²) in [5.41, 5.74) is 17.9. The molecule has 3 amide bonds. The molecule has 15 nitrogen and oxygen atoms in total. The van der Waals surface area contributed by atoms with Gasteiger partial charge in [0.1, 0.15) is 18.1 Å². The van der Waals surface area contributed by atoms with E-state index in [0.29, 0.717) is 12.0 Å². The van der Waals surface area contributed by atoms with E-state index < -0.39 is 60.2 Å². The van der Waals surface area contributed by atoms with Crippen LogP contribution in [0.4, 0.5) is 0 Å². The lowest BCUT2D eigenvalue weighted by Crippen LogP contribution is -2.57. The SMILES string of the molecule is NC(N)=NCCCC(N)C(=O)NC(CCC(=O)O)C(=O)NC(CS)C(=O)NC(Cc1c[nH]c2ccccc12)C(=O)O. The lowest BCUT2D eigenvalue weighted by Gasteiger charge is -2.24. The molecule has 12 N–H and O–H groups in total. The Balaban J connectivity index is 2.06. The fourth-order valence-corrected chi connectivity index (χ4v) is 4.18. The first kappa shape index (κ1) is 32.9. The average molecular weight is 593 g/mol. The number of guanidine groups is 1. The van der Waals surface area contributed by atoms with E-state index in [1.54, 1.807) is 12.3 Å². The van der Waals surface area contributed by atoms with Gasteiger partial charge in [-0.05, 0) is 30.9 Å². The largest absolute Gasteiger partial charge is 0.481 e. The van der Waals surface area contributed by atoms with Gasteiger partial charge < -0.3 is 48.3 Å². The van der Waals surface area contributed by atoms with Crippen LogP contribution in [0.1, 0.15) is 31.2 Å². The van der Waals surface area contributed by atoms with E-state index in [9.17, 15) is 29.1 Å². The van der Waals surface area contributed by atoms with E-state index in [2.05, 4.69) is 38.6 Å². The molecule has 0 bridgehead atoms. The Morgan fingerprint density at radius 1 is 0.927 bits per heavy atom. The van der Waals surface area contributed by atoms with Crippen LogP contribution < -0.4 is 33.2 Å². The summed E-state index contributed by atoms with van der Waals surface area (Å²) in [5.74, 6) is -5.19. The normalized spacial score (nSPS) is 13.8. The molecule has 0 saturated carbocycles. The zero-order chi connectivity index (χ0) is 30.5. The van der Waals surface area contributed by atoms with Gasteiger partial charge in [-0.1, -0.05) is 18.2 Å². The number of carbonyl (C=O) groups is 5. The Morgan fingerprint density at radius 2 is 1.56 bits per heavy atom. The summed E-state index contributed by atoms with van der Waals surface area (Å²) in [6, 6.07) is 2.31. The van der Waals surface area contributed by atoms with Gasteiger partial charge in [-0.2, -0.15) is 12.6 Å². The molecular formula is C25H36N8O7S. The molecule has 2 aromatic rings. The molecule has 0 spiro atoms. The van der Waals surface area contributed by atoms with Gasteiger partial charge in [0.05, 0.1) is 6.04 Å². The topological polar surface area (TPSA) is 268 Å². The molecule has 4 atom stereocenters. The van der Waals surface area contributed by atoms with Crippen LogP contribution in [-0.2, 0) is 30.4 Å². The Morgan fingerprint density at radius 3 is 2.20 bits per heavy atom. The maximum absolute atomic E-state index is 13.0. The highest BCUT2D eigenvalue weighted by Gasteiger charge is 2.30. The minimum absolute atomic E-state index is 0.0311. The maximum atomic E-state index is 13.0. The average Bonchev–Trinajstić information content (AvgIpc) is 3.33. The number of carboxylic acid groups (broad SMARTS) is 2. The molecule has 1 heterocycles. The van der Waals surface area contributed by atoms with E-state index in [1.807, 2.05) is 18.2 Å². The summed E-state index contributed by atoms with van der Waals surface area (Å²) in [4.78, 5) is 68.4. The number of nitrogens with one attached hydrogen (secondary N) is 4. The highest BCUT2D eigenvalue weighted by atomic mass is 32.1. The van der Waals surface area contributed by atoms with Gasteiger partial charge in [-0.3, -0.25) is 24.2 Å². The van der Waals surface area contributed by atoms with Crippen LogP contribution in [0.5, 0.6) is 0 Å². The first-order valence-electron chi connectivity index (χ1n) is 12.8. The Kier molecular flexibility index (Phi) is 12.9. The van der Waals surface area contributed by atoms with Crippen LogP contribution in [0.3, 0.4) is 0 Å². The summed E-state index contributed by atoms with van der Waals surface area (Å²) in [7, 11) is 0. The molecular weight excluding hydrogens is 556 g/mol. The number of fused-ring (bicyclic) bond motifs is 1. The number of aliphatic carboxylic acids is 2. The van der Waals surface area contributed by atoms with E-state index in [-0.39, 0.29) is 37.5 Å². The lowest BCUT2D eigenvalue weighted by atomic mass is 10.0. The van der Waals surface area contributed by atoms with Crippen molar-refractivity contribution in [2.45, 2.75) is 56.3 Å². The number of aliphatic imine (C=N–C) groups is 1. The van der Waals surface area contributed by atoms with Gasteiger partial charge in [0.2, 0.25) is 17.7 Å². The number of benzene rings is 1. The van der Waals surface area contributed by atoms with Crippen LogP contribution in [0, 0.1) is 0 Å². The molecule has 0 fully saturated rings. The molecule has 41 heavy (non-hydrogen) atoms. The van der Waals surface area contributed by atoms with Crippen LogP contribution in [0.25, 0.3) is 10.9 Å². The summed E-state index contributed by atoms with van der Waals surface area (Å²) in [5, 5.41) is 26.9. The third kappa shape index (κ3) is 10.6. The third-order valence-electron chi connectivity index (χ3n) is 6.11. The minimum atomic E-state index is -1.33.